The number of rotatable bonds is 4. The molecular weight excluding hydrogens is 313 g/mol. The summed E-state index contributed by atoms with van der Waals surface area (Å²) in [7, 11) is 1.40. The van der Waals surface area contributed by atoms with Crippen molar-refractivity contribution in [1.29, 1.82) is 0 Å². The molecule has 1 heterocycles. The van der Waals surface area contributed by atoms with Gasteiger partial charge in [-0.05, 0) is 37.5 Å². The zero-order chi connectivity index (χ0) is 13.8. The van der Waals surface area contributed by atoms with Gasteiger partial charge in [-0.25, -0.2) is 4.39 Å². The number of likely N-dealkylation sites (tertiary alicyclic amines) is 1. The number of carbonyl (C=O) groups is 1. The Bertz CT molecular complexity index is 467. The fraction of sp³-hybridized carbons (Fsp3) is 0.500. The van der Waals surface area contributed by atoms with E-state index in [1.807, 2.05) is 4.90 Å². The molecule has 1 atom stereocenters. The van der Waals surface area contributed by atoms with E-state index >= 15 is 0 Å². The summed E-state index contributed by atoms with van der Waals surface area (Å²) in [5.41, 5.74) is 0.486. The minimum atomic E-state index is -0.447. The van der Waals surface area contributed by atoms with Crippen LogP contribution in [0, 0.1) is 5.82 Å². The molecule has 5 heteroatoms. The average Bonchev–Trinajstić information content (AvgIpc) is 2.87. The van der Waals surface area contributed by atoms with Crippen LogP contribution in [0.2, 0.25) is 0 Å². The van der Waals surface area contributed by atoms with Crippen LogP contribution in [-0.4, -0.2) is 35.8 Å². The third-order valence-electron chi connectivity index (χ3n) is 3.48. The number of hydrogen-bond donors (Lipinski definition) is 0. The number of nitrogens with zero attached hydrogens (tertiary/aromatic N) is 1. The minimum Gasteiger partial charge on any atom is -0.494 e. The van der Waals surface area contributed by atoms with Gasteiger partial charge in [-0.2, -0.15) is 0 Å². The maximum absolute atomic E-state index is 13.4. The number of alkyl halides is 1. The first-order valence-electron chi connectivity index (χ1n) is 6.38. The zero-order valence-electron chi connectivity index (χ0n) is 10.9. The van der Waals surface area contributed by atoms with Crippen LogP contribution in [0.5, 0.6) is 5.75 Å². The number of amides is 1. The SMILES string of the molecule is COc1cc(C(=O)N2CCCC2CCBr)ccc1F. The lowest BCUT2D eigenvalue weighted by Crippen LogP contribution is -2.35. The molecule has 0 aliphatic carbocycles. The van der Waals surface area contributed by atoms with Crippen LogP contribution in [0.15, 0.2) is 18.2 Å². The molecule has 1 aliphatic heterocycles. The maximum Gasteiger partial charge on any atom is 0.254 e. The lowest BCUT2D eigenvalue weighted by atomic mass is 10.1. The number of benzene rings is 1. The van der Waals surface area contributed by atoms with E-state index in [4.69, 9.17) is 4.74 Å². The minimum absolute atomic E-state index is 0.0400. The molecule has 0 aromatic heterocycles. The summed E-state index contributed by atoms with van der Waals surface area (Å²) in [6.07, 6.45) is 3.02. The van der Waals surface area contributed by atoms with E-state index < -0.39 is 5.82 Å². The van der Waals surface area contributed by atoms with Crippen molar-refractivity contribution in [3.05, 3.63) is 29.6 Å². The first-order valence-corrected chi connectivity index (χ1v) is 7.50. The molecule has 3 nitrogen and oxygen atoms in total. The third kappa shape index (κ3) is 3.08. The zero-order valence-corrected chi connectivity index (χ0v) is 12.5. The molecule has 1 fully saturated rings. The van der Waals surface area contributed by atoms with E-state index in [2.05, 4.69) is 15.9 Å². The molecule has 1 aromatic carbocycles. The van der Waals surface area contributed by atoms with Crippen molar-refractivity contribution in [2.75, 3.05) is 19.0 Å². The molecule has 1 saturated heterocycles. The van der Waals surface area contributed by atoms with Crippen molar-refractivity contribution in [3.8, 4) is 5.75 Å². The number of halogens is 2. The summed E-state index contributed by atoms with van der Waals surface area (Å²) in [5.74, 6) is -0.374. The highest BCUT2D eigenvalue weighted by Gasteiger charge is 2.29. The van der Waals surface area contributed by atoms with Gasteiger partial charge in [0.2, 0.25) is 0 Å². The lowest BCUT2D eigenvalue weighted by Gasteiger charge is -2.24. The summed E-state index contributed by atoms with van der Waals surface area (Å²) in [6.45, 7) is 0.774. The second kappa shape index (κ2) is 6.37. The van der Waals surface area contributed by atoms with Crippen molar-refractivity contribution in [2.24, 2.45) is 0 Å². The van der Waals surface area contributed by atoms with Gasteiger partial charge in [-0.1, -0.05) is 15.9 Å². The van der Waals surface area contributed by atoms with Crippen molar-refractivity contribution in [2.45, 2.75) is 25.3 Å². The summed E-state index contributed by atoms with van der Waals surface area (Å²) in [5, 5.41) is 0.883. The van der Waals surface area contributed by atoms with E-state index in [1.54, 1.807) is 0 Å². The Hall–Kier alpha value is -1.10. The van der Waals surface area contributed by atoms with Gasteiger partial charge in [0.05, 0.1) is 7.11 Å². The Kier molecular flexibility index (Phi) is 4.80. The molecule has 19 heavy (non-hydrogen) atoms. The molecule has 0 radical (unpaired) electrons. The summed E-state index contributed by atoms with van der Waals surface area (Å²) in [4.78, 5) is 14.3. The first kappa shape index (κ1) is 14.3. The maximum atomic E-state index is 13.4. The molecule has 0 saturated carbocycles. The fourth-order valence-electron chi connectivity index (χ4n) is 2.49. The highest BCUT2D eigenvalue weighted by molar-refractivity contribution is 9.09. The largest absolute Gasteiger partial charge is 0.494 e. The summed E-state index contributed by atoms with van der Waals surface area (Å²) in [6, 6.07) is 4.55. The van der Waals surface area contributed by atoms with E-state index in [1.165, 1.54) is 25.3 Å². The number of carbonyl (C=O) groups excluding carboxylic acids is 1. The standard InChI is InChI=1S/C14H17BrFNO2/c1-19-13-9-10(4-5-12(13)16)14(18)17-8-2-3-11(17)6-7-15/h4-5,9,11H,2-3,6-8H2,1H3. The van der Waals surface area contributed by atoms with Crippen molar-refractivity contribution in [3.63, 3.8) is 0 Å². The van der Waals surface area contributed by atoms with Crippen LogP contribution in [0.4, 0.5) is 4.39 Å². The normalized spacial score (nSPS) is 18.7. The average molecular weight is 330 g/mol. The summed E-state index contributed by atoms with van der Waals surface area (Å²) < 4.78 is 18.3. The molecule has 1 unspecified atom stereocenters. The second-order valence-electron chi connectivity index (χ2n) is 4.62. The van der Waals surface area contributed by atoms with Crippen molar-refractivity contribution in [1.82, 2.24) is 4.90 Å². The van der Waals surface area contributed by atoms with Gasteiger partial charge in [0.15, 0.2) is 11.6 Å². The number of methoxy groups -OCH3 is 1. The molecule has 1 aromatic rings. The quantitative estimate of drug-likeness (QED) is 0.794. The molecule has 0 N–H and O–H groups in total. The molecule has 2 rings (SSSR count). The highest BCUT2D eigenvalue weighted by atomic mass is 79.9. The van der Waals surface area contributed by atoms with Crippen molar-refractivity contribution < 1.29 is 13.9 Å². The molecule has 0 spiro atoms. The van der Waals surface area contributed by atoms with Gasteiger partial charge in [0.1, 0.15) is 0 Å². The lowest BCUT2D eigenvalue weighted by molar-refractivity contribution is 0.0734. The van der Waals surface area contributed by atoms with E-state index in [9.17, 15) is 9.18 Å². The Balaban J connectivity index is 2.19. The Labute approximate surface area is 120 Å². The predicted octanol–water partition coefficient (Wildman–Crippen LogP) is 3.22. The summed E-state index contributed by atoms with van der Waals surface area (Å²) >= 11 is 3.42. The van der Waals surface area contributed by atoms with Gasteiger partial charge in [-0.15, -0.1) is 0 Å². The van der Waals surface area contributed by atoms with Gasteiger partial charge in [0.25, 0.3) is 5.91 Å². The van der Waals surface area contributed by atoms with Crippen LogP contribution in [-0.2, 0) is 0 Å². The van der Waals surface area contributed by atoms with E-state index in [0.717, 1.165) is 31.1 Å². The van der Waals surface area contributed by atoms with Crippen LogP contribution in [0.1, 0.15) is 29.6 Å². The van der Waals surface area contributed by atoms with Crippen molar-refractivity contribution >= 4 is 21.8 Å². The Morgan fingerprint density at radius 3 is 3.05 bits per heavy atom. The van der Waals surface area contributed by atoms with Gasteiger partial charge in [0, 0.05) is 23.5 Å². The van der Waals surface area contributed by atoms with E-state index in [-0.39, 0.29) is 17.7 Å². The number of ether oxygens (including phenoxy) is 1. The molecule has 1 aliphatic rings. The topological polar surface area (TPSA) is 29.5 Å². The Morgan fingerprint density at radius 2 is 2.37 bits per heavy atom. The molecule has 104 valence electrons. The van der Waals surface area contributed by atoms with Gasteiger partial charge in [-0.3, -0.25) is 4.79 Å². The molecule has 0 bridgehead atoms. The van der Waals surface area contributed by atoms with Crippen LogP contribution >= 0.6 is 15.9 Å². The molecular formula is C14H17BrFNO2. The number of hydrogen-bond acceptors (Lipinski definition) is 2. The monoisotopic (exact) mass is 329 g/mol. The third-order valence-corrected chi connectivity index (χ3v) is 3.94. The molecule has 1 amide bonds. The Morgan fingerprint density at radius 1 is 1.58 bits per heavy atom. The van der Waals surface area contributed by atoms with E-state index in [0.29, 0.717) is 5.56 Å². The van der Waals surface area contributed by atoms with Crippen LogP contribution < -0.4 is 4.74 Å². The fourth-order valence-corrected chi connectivity index (χ4v) is 3.02. The second-order valence-corrected chi connectivity index (χ2v) is 5.41. The van der Waals surface area contributed by atoms with Gasteiger partial charge >= 0.3 is 0 Å². The smallest absolute Gasteiger partial charge is 0.254 e. The highest BCUT2D eigenvalue weighted by Crippen LogP contribution is 2.25. The van der Waals surface area contributed by atoms with Gasteiger partial charge < -0.3 is 9.64 Å². The van der Waals surface area contributed by atoms with Crippen LogP contribution in [0.3, 0.4) is 0 Å². The van der Waals surface area contributed by atoms with Crippen LogP contribution in [0.25, 0.3) is 0 Å². The predicted molar refractivity (Wildman–Crippen MR) is 75.4 cm³/mol. The first-order chi connectivity index (χ1) is 9.17.